The summed E-state index contributed by atoms with van der Waals surface area (Å²) in [7, 11) is 0. The molecule has 0 fully saturated rings. The lowest BCUT2D eigenvalue weighted by molar-refractivity contribution is -0.144. The van der Waals surface area contributed by atoms with Gasteiger partial charge in [-0.25, -0.2) is 0 Å². The fourth-order valence-electron chi connectivity index (χ4n) is 1.94. The molecule has 2 N–H and O–H groups in total. The standard InChI is InChI=1S/C15H31NO2S/c1-2-3-4-5-6-7-8-9-10-11-12-18-15(17)14(16)13-19/h14,19H,2-13,16H2,1H3. The molecule has 1 atom stereocenters. The normalized spacial score (nSPS) is 12.4. The molecule has 0 bridgehead atoms. The molecule has 4 heteroatoms. The molecule has 0 radical (unpaired) electrons. The molecule has 0 saturated heterocycles. The Labute approximate surface area is 124 Å². The van der Waals surface area contributed by atoms with Crippen molar-refractivity contribution in [3.63, 3.8) is 0 Å². The molecule has 1 unspecified atom stereocenters. The molecule has 0 aliphatic rings. The highest BCUT2D eigenvalue weighted by molar-refractivity contribution is 7.80. The molecule has 114 valence electrons. The summed E-state index contributed by atoms with van der Waals surface area (Å²) in [5, 5.41) is 0. The molecule has 0 saturated carbocycles. The molecule has 0 aliphatic carbocycles. The molecule has 19 heavy (non-hydrogen) atoms. The molecule has 0 aromatic rings. The third-order valence-corrected chi connectivity index (χ3v) is 3.64. The van der Waals surface area contributed by atoms with Crippen LogP contribution in [0.25, 0.3) is 0 Å². The Bertz CT molecular complexity index is 212. The first-order valence-corrected chi connectivity index (χ1v) is 8.38. The van der Waals surface area contributed by atoms with E-state index in [9.17, 15) is 4.79 Å². The summed E-state index contributed by atoms with van der Waals surface area (Å²) >= 11 is 3.96. The predicted octanol–water partition coefficient (Wildman–Crippen LogP) is 3.71. The minimum Gasteiger partial charge on any atom is -0.465 e. The van der Waals surface area contributed by atoms with Crippen molar-refractivity contribution in [1.29, 1.82) is 0 Å². The van der Waals surface area contributed by atoms with Gasteiger partial charge in [-0.05, 0) is 6.42 Å². The summed E-state index contributed by atoms with van der Waals surface area (Å²) in [5.41, 5.74) is 5.50. The zero-order valence-corrected chi connectivity index (χ0v) is 13.3. The highest BCUT2D eigenvalue weighted by Crippen LogP contribution is 2.10. The molecular formula is C15H31NO2S. The average molecular weight is 289 g/mol. The Morgan fingerprint density at radius 3 is 1.95 bits per heavy atom. The van der Waals surface area contributed by atoms with Crippen LogP contribution < -0.4 is 5.73 Å². The molecular weight excluding hydrogens is 258 g/mol. The minimum atomic E-state index is -0.577. The number of ether oxygens (including phenoxy) is 1. The Kier molecular flexibility index (Phi) is 14.0. The lowest BCUT2D eigenvalue weighted by atomic mass is 10.1. The average Bonchev–Trinajstić information content (AvgIpc) is 2.43. The van der Waals surface area contributed by atoms with Gasteiger partial charge in [0.25, 0.3) is 0 Å². The van der Waals surface area contributed by atoms with E-state index in [1.807, 2.05) is 0 Å². The maximum absolute atomic E-state index is 11.2. The zero-order chi connectivity index (χ0) is 14.3. The molecule has 0 rings (SSSR count). The molecule has 0 aliphatic heterocycles. The van der Waals surface area contributed by atoms with Crippen LogP contribution in [-0.2, 0) is 9.53 Å². The fourth-order valence-corrected chi connectivity index (χ4v) is 2.09. The second kappa shape index (κ2) is 14.2. The number of unbranched alkanes of at least 4 members (excludes halogenated alkanes) is 9. The predicted molar refractivity (Wildman–Crippen MR) is 84.6 cm³/mol. The number of carbonyl (C=O) groups is 1. The van der Waals surface area contributed by atoms with Crippen LogP contribution in [-0.4, -0.2) is 24.4 Å². The van der Waals surface area contributed by atoms with Gasteiger partial charge in [0.1, 0.15) is 6.04 Å². The van der Waals surface area contributed by atoms with E-state index >= 15 is 0 Å². The van der Waals surface area contributed by atoms with Crippen LogP contribution in [0.1, 0.15) is 71.1 Å². The van der Waals surface area contributed by atoms with Crippen LogP contribution in [0.2, 0.25) is 0 Å². The summed E-state index contributed by atoms with van der Waals surface area (Å²) in [6.07, 6.45) is 12.8. The van der Waals surface area contributed by atoms with Gasteiger partial charge in [0.2, 0.25) is 0 Å². The van der Waals surface area contributed by atoms with E-state index in [0.29, 0.717) is 12.4 Å². The number of carbonyl (C=O) groups excluding carboxylic acids is 1. The zero-order valence-electron chi connectivity index (χ0n) is 12.4. The molecule has 0 aromatic carbocycles. The molecule has 0 aromatic heterocycles. The van der Waals surface area contributed by atoms with E-state index in [2.05, 4.69) is 19.6 Å². The van der Waals surface area contributed by atoms with E-state index in [4.69, 9.17) is 10.5 Å². The maximum Gasteiger partial charge on any atom is 0.323 e. The van der Waals surface area contributed by atoms with Gasteiger partial charge in [-0.1, -0.05) is 64.7 Å². The number of rotatable bonds is 13. The fraction of sp³-hybridized carbons (Fsp3) is 0.933. The second-order valence-electron chi connectivity index (χ2n) is 5.14. The molecule has 0 spiro atoms. The summed E-state index contributed by atoms with van der Waals surface area (Å²) in [4.78, 5) is 11.2. The summed E-state index contributed by atoms with van der Waals surface area (Å²) in [6.45, 7) is 2.74. The lowest BCUT2D eigenvalue weighted by Crippen LogP contribution is -2.34. The van der Waals surface area contributed by atoms with Gasteiger partial charge in [0.15, 0.2) is 0 Å². The molecule has 0 amide bonds. The monoisotopic (exact) mass is 289 g/mol. The Hall–Kier alpha value is -0.220. The quantitative estimate of drug-likeness (QED) is 0.309. The van der Waals surface area contributed by atoms with Crippen molar-refractivity contribution in [2.45, 2.75) is 77.2 Å². The Balaban J connectivity index is 3.13. The third-order valence-electron chi connectivity index (χ3n) is 3.24. The summed E-state index contributed by atoms with van der Waals surface area (Å²) in [5.74, 6) is 0.0163. The van der Waals surface area contributed by atoms with Gasteiger partial charge in [0, 0.05) is 5.75 Å². The van der Waals surface area contributed by atoms with Crippen LogP contribution in [0, 0.1) is 0 Å². The maximum atomic E-state index is 11.2. The van der Waals surface area contributed by atoms with Crippen molar-refractivity contribution in [3.05, 3.63) is 0 Å². The van der Waals surface area contributed by atoms with E-state index in [0.717, 1.165) is 12.8 Å². The van der Waals surface area contributed by atoms with E-state index in [-0.39, 0.29) is 5.97 Å². The number of thiol groups is 1. The van der Waals surface area contributed by atoms with Gasteiger partial charge in [-0.3, -0.25) is 4.79 Å². The smallest absolute Gasteiger partial charge is 0.323 e. The SMILES string of the molecule is CCCCCCCCCCCCOC(=O)C(N)CS. The van der Waals surface area contributed by atoms with E-state index in [1.165, 1.54) is 51.4 Å². The number of nitrogens with two attached hydrogens (primary N) is 1. The minimum absolute atomic E-state index is 0.328. The molecule has 3 nitrogen and oxygen atoms in total. The van der Waals surface area contributed by atoms with E-state index in [1.54, 1.807) is 0 Å². The topological polar surface area (TPSA) is 52.3 Å². The lowest BCUT2D eigenvalue weighted by Gasteiger charge is -2.08. The summed E-state index contributed by atoms with van der Waals surface area (Å²) < 4.78 is 5.05. The van der Waals surface area contributed by atoms with Gasteiger partial charge in [-0.2, -0.15) is 12.6 Å². The van der Waals surface area contributed by atoms with Gasteiger partial charge in [0.05, 0.1) is 6.61 Å². The van der Waals surface area contributed by atoms with Gasteiger partial charge in [-0.15, -0.1) is 0 Å². The van der Waals surface area contributed by atoms with Crippen LogP contribution in [0.3, 0.4) is 0 Å². The first kappa shape index (κ1) is 18.8. The Morgan fingerprint density at radius 2 is 1.47 bits per heavy atom. The highest BCUT2D eigenvalue weighted by Gasteiger charge is 2.11. The first-order chi connectivity index (χ1) is 9.22. The largest absolute Gasteiger partial charge is 0.465 e. The van der Waals surface area contributed by atoms with Gasteiger partial charge >= 0.3 is 5.97 Å². The van der Waals surface area contributed by atoms with Crippen LogP contribution in [0.4, 0.5) is 0 Å². The second-order valence-corrected chi connectivity index (χ2v) is 5.50. The van der Waals surface area contributed by atoms with Crippen LogP contribution >= 0.6 is 12.6 Å². The first-order valence-electron chi connectivity index (χ1n) is 7.75. The van der Waals surface area contributed by atoms with Crippen LogP contribution in [0.5, 0.6) is 0 Å². The third kappa shape index (κ3) is 12.6. The van der Waals surface area contributed by atoms with Crippen molar-refractivity contribution >= 4 is 18.6 Å². The van der Waals surface area contributed by atoms with Crippen LogP contribution in [0.15, 0.2) is 0 Å². The van der Waals surface area contributed by atoms with Crippen molar-refractivity contribution in [2.24, 2.45) is 5.73 Å². The van der Waals surface area contributed by atoms with Crippen molar-refractivity contribution in [2.75, 3.05) is 12.4 Å². The van der Waals surface area contributed by atoms with Crippen molar-refractivity contribution < 1.29 is 9.53 Å². The number of hydrogen-bond donors (Lipinski definition) is 2. The van der Waals surface area contributed by atoms with E-state index < -0.39 is 6.04 Å². The number of hydrogen-bond acceptors (Lipinski definition) is 4. The Morgan fingerprint density at radius 1 is 1.00 bits per heavy atom. The summed E-state index contributed by atoms with van der Waals surface area (Å²) in [6, 6.07) is -0.577. The molecule has 0 heterocycles. The van der Waals surface area contributed by atoms with Crippen molar-refractivity contribution in [1.82, 2.24) is 0 Å². The van der Waals surface area contributed by atoms with Crippen molar-refractivity contribution in [3.8, 4) is 0 Å². The highest BCUT2D eigenvalue weighted by atomic mass is 32.1. The number of esters is 1. The van der Waals surface area contributed by atoms with Gasteiger partial charge < -0.3 is 10.5 Å².